The van der Waals surface area contributed by atoms with Crippen LogP contribution < -0.4 is 5.11 Å². The fourth-order valence-electron chi connectivity index (χ4n) is 2.23. The van der Waals surface area contributed by atoms with Crippen LogP contribution in [0.3, 0.4) is 0 Å². The van der Waals surface area contributed by atoms with Gasteiger partial charge in [0.15, 0.2) is 0 Å². The van der Waals surface area contributed by atoms with E-state index in [0.717, 1.165) is 21.5 Å². The van der Waals surface area contributed by atoms with Gasteiger partial charge in [-0.1, -0.05) is 60.4 Å². The summed E-state index contributed by atoms with van der Waals surface area (Å²) in [5, 5.41) is 13.5. The topological polar surface area (TPSA) is 60.4 Å². The molecule has 1 fully saturated rings. The van der Waals surface area contributed by atoms with Crippen molar-refractivity contribution in [1.82, 2.24) is 4.90 Å². The number of aliphatic carboxylic acids is 1. The molecule has 0 unspecified atom stereocenters. The highest BCUT2D eigenvalue weighted by Gasteiger charge is 2.38. The lowest BCUT2D eigenvalue weighted by atomic mass is 10.1. The molecular weight excluding hydrogens is 350 g/mol. The highest BCUT2D eigenvalue weighted by molar-refractivity contribution is 8.26. The van der Waals surface area contributed by atoms with Gasteiger partial charge < -0.3 is 9.90 Å². The Labute approximate surface area is 146 Å². The number of thiocarbonyl (C=S) groups is 1. The molecule has 116 valence electrons. The molecule has 0 radical (unpaired) electrons. The lowest BCUT2D eigenvalue weighted by molar-refractivity contribution is -0.310. The van der Waals surface area contributed by atoms with Gasteiger partial charge in [0.05, 0.1) is 10.9 Å². The Hall–Kier alpha value is -1.96. The van der Waals surface area contributed by atoms with Gasteiger partial charge in [-0.15, -0.1) is 11.3 Å². The summed E-state index contributed by atoms with van der Waals surface area (Å²) in [5.41, 5.74) is 0.459. The first-order valence-corrected chi connectivity index (χ1v) is 8.75. The molecule has 1 saturated heterocycles. The number of amides is 1. The Balaban J connectivity index is 1.97. The molecule has 1 amide bonds. The molecule has 0 saturated carbocycles. The summed E-state index contributed by atoms with van der Waals surface area (Å²) >= 11 is 7.82. The predicted octanol–water partition coefficient (Wildman–Crippen LogP) is 2.44. The van der Waals surface area contributed by atoms with E-state index in [-0.39, 0.29) is 4.32 Å². The van der Waals surface area contributed by atoms with Crippen molar-refractivity contribution < 1.29 is 14.7 Å². The molecule has 7 heteroatoms. The van der Waals surface area contributed by atoms with Gasteiger partial charge in [0.2, 0.25) is 0 Å². The van der Waals surface area contributed by atoms with Gasteiger partial charge >= 0.3 is 0 Å². The van der Waals surface area contributed by atoms with E-state index in [2.05, 4.69) is 0 Å². The maximum absolute atomic E-state index is 12.6. The van der Waals surface area contributed by atoms with Gasteiger partial charge in [-0.25, -0.2) is 0 Å². The minimum absolute atomic E-state index is 0.218. The Morgan fingerprint density at radius 2 is 1.96 bits per heavy atom. The van der Waals surface area contributed by atoms with E-state index in [0.29, 0.717) is 10.5 Å². The first kappa shape index (κ1) is 15.9. The number of hydrogen-bond acceptors (Lipinski definition) is 6. The second kappa shape index (κ2) is 6.66. The summed E-state index contributed by atoms with van der Waals surface area (Å²) in [6, 6.07) is 11.0. The molecule has 2 heterocycles. The number of thiophene rings is 1. The summed E-state index contributed by atoms with van der Waals surface area (Å²) in [5.74, 6) is -1.77. The van der Waals surface area contributed by atoms with Gasteiger partial charge in [-0.05, 0) is 23.1 Å². The highest BCUT2D eigenvalue weighted by Crippen LogP contribution is 2.38. The van der Waals surface area contributed by atoms with Crippen molar-refractivity contribution in [2.75, 3.05) is 0 Å². The number of carboxylic acids is 1. The minimum Gasteiger partial charge on any atom is -0.547 e. The maximum atomic E-state index is 12.6. The van der Waals surface area contributed by atoms with E-state index in [1.807, 2.05) is 17.5 Å². The Kier molecular flexibility index (Phi) is 4.61. The SMILES string of the molecule is O=C([O-])[C@H](c1ccccc1)N1C(=O)/C(=C/c2cccs2)SC1=S. The van der Waals surface area contributed by atoms with E-state index in [9.17, 15) is 14.7 Å². The molecule has 1 aliphatic heterocycles. The Morgan fingerprint density at radius 3 is 2.57 bits per heavy atom. The van der Waals surface area contributed by atoms with Gasteiger partial charge in [0.1, 0.15) is 10.4 Å². The predicted molar refractivity (Wildman–Crippen MR) is 93.5 cm³/mol. The zero-order valence-electron chi connectivity index (χ0n) is 11.7. The molecule has 0 N–H and O–H groups in total. The zero-order chi connectivity index (χ0) is 16.4. The fourth-order valence-corrected chi connectivity index (χ4v) is 4.27. The molecule has 1 aromatic carbocycles. The molecule has 3 rings (SSSR count). The van der Waals surface area contributed by atoms with Crippen molar-refractivity contribution in [3.8, 4) is 0 Å². The third-order valence-electron chi connectivity index (χ3n) is 3.24. The number of benzene rings is 1. The number of carbonyl (C=O) groups is 2. The number of carboxylic acid groups (broad SMARTS) is 1. The van der Waals surface area contributed by atoms with Crippen molar-refractivity contribution in [2.45, 2.75) is 6.04 Å². The van der Waals surface area contributed by atoms with Crippen LogP contribution in [0.15, 0.2) is 52.7 Å². The van der Waals surface area contributed by atoms with E-state index < -0.39 is 17.9 Å². The summed E-state index contributed by atoms with van der Waals surface area (Å²) < 4.78 is 0.218. The van der Waals surface area contributed by atoms with Crippen LogP contribution in [0.2, 0.25) is 0 Å². The summed E-state index contributed by atoms with van der Waals surface area (Å²) in [7, 11) is 0. The van der Waals surface area contributed by atoms with Crippen LogP contribution in [0.25, 0.3) is 6.08 Å². The molecule has 0 bridgehead atoms. The molecule has 4 nitrogen and oxygen atoms in total. The molecule has 1 atom stereocenters. The Bertz CT molecular complexity index is 784. The molecule has 23 heavy (non-hydrogen) atoms. The van der Waals surface area contributed by atoms with Crippen LogP contribution in [0.5, 0.6) is 0 Å². The molecule has 1 aromatic heterocycles. The zero-order valence-corrected chi connectivity index (χ0v) is 14.1. The monoisotopic (exact) mass is 360 g/mol. The quantitative estimate of drug-likeness (QED) is 0.619. The third-order valence-corrected chi connectivity index (χ3v) is 5.39. The van der Waals surface area contributed by atoms with Crippen molar-refractivity contribution >= 4 is 57.6 Å². The van der Waals surface area contributed by atoms with Crippen molar-refractivity contribution in [2.24, 2.45) is 0 Å². The average molecular weight is 360 g/mol. The van der Waals surface area contributed by atoms with Crippen LogP contribution >= 0.6 is 35.3 Å². The summed E-state index contributed by atoms with van der Waals surface area (Å²) in [6.45, 7) is 0. The lowest BCUT2D eigenvalue weighted by Crippen LogP contribution is -2.43. The van der Waals surface area contributed by atoms with Crippen LogP contribution in [-0.4, -0.2) is 21.1 Å². The van der Waals surface area contributed by atoms with Crippen molar-refractivity contribution in [3.05, 3.63) is 63.2 Å². The van der Waals surface area contributed by atoms with E-state index in [1.165, 1.54) is 11.3 Å². The maximum Gasteiger partial charge on any atom is 0.267 e. The first-order chi connectivity index (χ1) is 11.1. The number of carbonyl (C=O) groups excluding carboxylic acids is 2. The standard InChI is InChI=1S/C16H11NO3S3/c18-14-12(9-11-7-4-8-22-11)23-16(21)17(14)13(15(19)20)10-5-2-1-3-6-10/h1-9,13H,(H,19,20)/p-1/b12-9-/t13-/m0/s1. The van der Waals surface area contributed by atoms with E-state index in [1.54, 1.807) is 36.4 Å². The van der Waals surface area contributed by atoms with E-state index >= 15 is 0 Å². The first-order valence-electron chi connectivity index (χ1n) is 6.64. The number of nitrogens with zero attached hydrogens (tertiary/aromatic N) is 1. The fraction of sp³-hybridized carbons (Fsp3) is 0.0625. The third kappa shape index (κ3) is 3.21. The molecular formula is C16H10NO3S3-. The van der Waals surface area contributed by atoms with Crippen LogP contribution in [0.4, 0.5) is 0 Å². The highest BCUT2D eigenvalue weighted by atomic mass is 32.2. The molecule has 0 spiro atoms. The van der Waals surface area contributed by atoms with Gasteiger partial charge in [0.25, 0.3) is 5.91 Å². The number of hydrogen-bond donors (Lipinski definition) is 0. The van der Waals surface area contributed by atoms with Gasteiger partial charge in [-0.2, -0.15) is 0 Å². The second-order valence-electron chi connectivity index (χ2n) is 4.70. The second-order valence-corrected chi connectivity index (χ2v) is 7.35. The largest absolute Gasteiger partial charge is 0.547 e. The number of thioether (sulfide) groups is 1. The lowest BCUT2D eigenvalue weighted by Gasteiger charge is -2.27. The normalized spacial score (nSPS) is 17.7. The average Bonchev–Trinajstić information content (AvgIpc) is 3.12. The number of rotatable bonds is 4. The smallest absolute Gasteiger partial charge is 0.267 e. The summed E-state index contributed by atoms with van der Waals surface area (Å²) in [4.78, 5) is 26.7. The molecule has 1 aliphatic rings. The van der Waals surface area contributed by atoms with Crippen molar-refractivity contribution in [1.29, 1.82) is 0 Å². The Morgan fingerprint density at radius 1 is 1.22 bits per heavy atom. The van der Waals surface area contributed by atoms with Crippen LogP contribution in [0.1, 0.15) is 16.5 Å². The minimum atomic E-state index is -1.36. The summed E-state index contributed by atoms with van der Waals surface area (Å²) in [6.07, 6.45) is 1.72. The molecule has 0 aliphatic carbocycles. The van der Waals surface area contributed by atoms with Gasteiger partial charge in [-0.3, -0.25) is 9.69 Å². The van der Waals surface area contributed by atoms with Gasteiger partial charge in [0, 0.05) is 4.88 Å². The van der Waals surface area contributed by atoms with Crippen molar-refractivity contribution in [3.63, 3.8) is 0 Å². The van der Waals surface area contributed by atoms with Crippen LogP contribution in [-0.2, 0) is 9.59 Å². The van der Waals surface area contributed by atoms with E-state index in [4.69, 9.17) is 12.2 Å². The van der Waals surface area contributed by atoms with Crippen LogP contribution in [0, 0.1) is 0 Å². The molecule has 2 aromatic rings.